The third kappa shape index (κ3) is 75.8. The normalized spacial score (nSPS) is 12.5. The van der Waals surface area contributed by atoms with Gasteiger partial charge < -0.3 is 14.6 Å². The molecule has 0 rings (SSSR count). The maximum absolute atomic E-state index is 12.4. The van der Waals surface area contributed by atoms with Crippen LogP contribution in [0.15, 0.2) is 72.9 Å². The van der Waals surface area contributed by atoms with Crippen LogP contribution in [0.2, 0.25) is 0 Å². The zero-order chi connectivity index (χ0) is 63.3. The van der Waals surface area contributed by atoms with Gasteiger partial charge in [-0.3, -0.25) is 9.59 Å². The van der Waals surface area contributed by atoms with Crippen molar-refractivity contribution in [3.05, 3.63) is 72.9 Å². The summed E-state index contributed by atoms with van der Waals surface area (Å²) in [6.07, 6.45) is 110. The first-order valence-electron chi connectivity index (χ1n) is 39.5. The van der Waals surface area contributed by atoms with Crippen molar-refractivity contribution in [3.8, 4) is 0 Å². The van der Waals surface area contributed by atoms with E-state index in [1.807, 2.05) is 0 Å². The number of hydrogen-bond donors (Lipinski definition) is 1. The Morgan fingerprint density at radius 1 is 0.273 bits per heavy atom. The van der Waals surface area contributed by atoms with E-state index in [-0.39, 0.29) is 25.2 Å². The summed E-state index contributed by atoms with van der Waals surface area (Å²) in [6.45, 7) is 4.09. The molecule has 88 heavy (non-hydrogen) atoms. The number of ether oxygens (including phenoxy) is 2. The first kappa shape index (κ1) is 85.3. The quantitative estimate of drug-likeness (QED) is 0.0373. The van der Waals surface area contributed by atoms with Crippen molar-refractivity contribution in [2.24, 2.45) is 0 Å². The van der Waals surface area contributed by atoms with E-state index in [1.54, 1.807) is 0 Å². The molecule has 0 aliphatic heterocycles. The van der Waals surface area contributed by atoms with E-state index < -0.39 is 6.10 Å². The molecule has 0 amide bonds. The SMILES string of the molecule is CC/C=C\C/C=C\C/C=C\C/C=C\C/C=C\CCCCCCCCCCCCCCCCCCCCCCCC(=O)OC(CO)COC(=O)CCCCCCCCCCCCCCCCCCCCCCCCCCC/C=C\CCCCCCCCCC. The number of esters is 2. The summed E-state index contributed by atoms with van der Waals surface area (Å²) >= 11 is 0. The summed E-state index contributed by atoms with van der Waals surface area (Å²) in [5, 5.41) is 9.73. The molecule has 0 aliphatic carbocycles. The topological polar surface area (TPSA) is 72.8 Å². The van der Waals surface area contributed by atoms with Crippen molar-refractivity contribution in [2.75, 3.05) is 13.2 Å². The Hall–Kier alpha value is -2.66. The van der Waals surface area contributed by atoms with Crippen LogP contribution < -0.4 is 0 Å². The molecule has 0 heterocycles. The Balaban J connectivity index is 3.38. The molecule has 0 saturated heterocycles. The number of aliphatic hydroxyl groups excluding tert-OH is 1. The predicted octanol–water partition coefficient (Wildman–Crippen LogP) is 27.8. The first-order chi connectivity index (χ1) is 43.6. The van der Waals surface area contributed by atoms with Gasteiger partial charge in [-0.05, 0) is 83.5 Å². The van der Waals surface area contributed by atoms with Crippen molar-refractivity contribution in [1.29, 1.82) is 0 Å². The molecule has 0 bridgehead atoms. The lowest BCUT2D eigenvalue weighted by atomic mass is 10.0. The minimum atomic E-state index is -0.772. The second kappa shape index (κ2) is 78.6. The molecule has 0 fully saturated rings. The average molecular weight is 1230 g/mol. The standard InChI is InChI=1S/C83H152O5/c1-3-5-7-9-11-13-15-17-19-21-23-25-27-29-31-33-35-37-39-41-43-45-47-49-51-53-55-57-59-61-63-65-67-69-71-73-75-77-82(85)87-80-81(79-84)88-83(86)78-76-74-72-70-68-66-64-62-60-58-56-54-52-50-48-46-44-42-40-38-36-34-32-30-28-26-24-22-20-18-16-14-12-10-8-6-4-2/h6,8,12,14,18,20-21,23-24,26,30,32,81,84H,3-5,7,9-11,13,15-17,19,22,25,27-29,31,33-80H2,1-2H3/b8-6-,14-12-,20-18-,23-21-,26-24-,32-30-. The molecule has 0 radical (unpaired) electrons. The van der Waals surface area contributed by atoms with Crippen LogP contribution in [0.25, 0.3) is 0 Å². The Morgan fingerprint density at radius 2 is 0.489 bits per heavy atom. The molecular weight excluding hydrogens is 1080 g/mol. The van der Waals surface area contributed by atoms with Crippen LogP contribution >= 0.6 is 0 Å². The van der Waals surface area contributed by atoms with Gasteiger partial charge in [-0.25, -0.2) is 0 Å². The fraction of sp³-hybridized carbons (Fsp3) is 0.831. The van der Waals surface area contributed by atoms with Gasteiger partial charge in [0, 0.05) is 12.8 Å². The highest BCUT2D eigenvalue weighted by Gasteiger charge is 2.16. The van der Waals surface area contributed by atoms with Crippen LogP contribution in [0.4, 0.5) is 0 Å². The summed E-state index contributed by atoms with van der Waals surface area (Å²) in [4.78, 5) is 24.7. The van der Waals surface area contributed by atoms with E-state index in [4.69, 9.17) is 9.47 Å². The van der Waals surface area contributed by atoms with Gasteiger partial charge in [0.1, 0.15) is 6.61 Å². The molecule has 0 aromatic heterocycles. The molecule has 0 aromatic carbocycles. The van der Waals surface area contributed by atoms with Gasteiger partial charge in [-0.2, -0.15) is 0 Å². The average Bonchev–Trinajstić information content (AvgIpc) is 3.55. The summed E-state index contributed by atoms with van der Waals surface area (Å²) in [6, 6.07) is 0. The smallest absolute Gasteiger partial charge is 0.306 e. The maximum atomic E-state index is 12.4. The number of hydrogen-bond acceptors (Lipinski definition) is 5. The van der Waals surface area contributed by atoms with E-state index in [2.05, 4.69) is 86.8 Å². The van der Waals surface area contributed by atoms with Crippen molar-refractivity contribution in [2.45, 2.75) is 431 Å². The molecular formula is C83H152O5. The highest BCUT2D eigenvalue weighted by molar-refractivity contribution is 5.70. The van der Waals surface area contributed by atoms with E-state index in [1.165, 1.54) is 334 Å². The van der Waals surface area contributed by atoms with Crippen LogP contribution in [0.3, 0.4) is 0 Å². The molecule has 0 aromatic rings. The second-order valence-corrected chi connectivity index (χ2v) is 26.8. The molecule has 1 unspecified atom stereocenters. The van der Waals surface area contributed by atoms with E-state index in [9.17, 15) is 14.7 Å². The third-order valence-electron chi connectivity index (χ3n) is 18.0. The van der Waals surface area contributed by atoms with Gasteiger partial charge in [-0.15, -0.1) is 0 Å². The molecule has 0 saturated carbocycles. The zero-order valence-electron chi connectivity index (χ0n) is 59.3. The van der Waals surface area contributed by atoms with Gasteiger partial charge in [0.05, 0.1) is 6.61 Å². The van der Waals surface area contributed by atoms with Gasteiger partial charge in [0.15, 0.2) is 6.10 Å². The highest BCUT2D eigenvalue weighted by Crippen LogP contribution is 2.20. The molecule has 5 nitrogen and oxygen atoms in total. The fourth-order valence-corrected chi connectivity index (χ4v) is 12.1. The number of unbranched alkanes of at least 4 members (excludes halogenated alkanes) is 54. The molecule has 1 atom stereocenters. The number of allylic oxidation sites excluding steroid dienone is 12. The van der Waals surface area contributed by atoms with Crippen LogP contribution in [0, 0.1) is 0 Å². The molecule has 5 heteroatoms. The predicted molar refractivity (Wildman–Crippen MR) is 390 cm³/mol. The molecule has 514 valence electrons. The summed E-state index contributed by atoms with van der Waals surface area (Å²) < 4.78 is 10.8. The lowest BCUT2D eigenvalue weighted by Gasteiger charge is -2.15. The number of rotatable bonds is 74. The second-order valence-electron chi connectivity index (χ2n) is 26.8. The fourth-order valence-electron chi connectivity index (χ4n) is 12.1. The van der Waals surface area contributed by atoms with Crippen molar-refractivity contribution < 1.29 is 24.2 Å². The van der Waals surface area contributed by atoms with Crippen LogP contribution in [-0.4, -0.2) is 36.4 Å². The Morgan fingerprint density at radius 3 is 0.750 bits per heavy atom. The van der Waals surface area contributed by atoms with Crippen molar-refractivity contribution in [3.63, 3.8) is 0 Å². The van der Waals surface area contributed by atoms with E-state index in [0.29, 0.717) is 12.8 Å². The first-order valence-corrected chi connectivity index (χ1v) is 39.5. The van der Waals surface area contributed by atoms with E-state index in [0.717, 1.165) is 64.2 Å². The van der Waals surface area contributed by atoms with Gasteiger partial charge in [0.2, 0.25) is 0 Å². The van der Waals surface area contributed by atoms with E-state index >= 15 is 0 Å². The summed E-state index contributed by atoms with van der Waals surface area (Å²) in [5.74, 6) is -0.566. The molecule has 0 aliphatic rings. The monoisotopic (exact) mass is 1230 g/mol. The van der Waals surface area contributed by atoms with Crippen LogP contribution in [0.5, 0.6) is 0 Å². The minimum absolute atomic E-state index is 0.0605. The lowest BCUT2D eigenvalue weighted by molar-refractivity contribution is -0.161. The molecule has 0 spiro atoms. The van der Waals surface area contributed by atoms with Gasteiger partial charge >= 0.3 is 11.9 Å². The van der Waals surface area contributed by atoms with Crippen LogP contribution in [-0.2, 0) is 19.1 Å². The zero-order valence-corrected chi connectivity index (χ0v) is 59.3. The van der Waals surface area contributed by atoms with Crippen molar-refractivity contribution in [1.82, 2.24) is 0 Å². The maximum Gasteiger partial charge on any atom is 0.306 e. The van der Waals surface area contributed by atoms with Gasteiger partial charge in [-0.1, -0.05) is 401 Å². The largest absolute Gasteiger partial charge is 0.462 e. The lowest BCUT2D eigenvalue weighted by Crippen LogP contribution is -2.28. The van der Waals surface area contributed by atoms with Crippen molar-refractivity contribution >= 4 is 11.9 Å². The number of carbonyl (C=O) groups excluding carboxylic acids is 2. The number of aliphatic hydroxyl groups is 1. The Labute approximate surface area is 550 Å². The Kier molecular flexibility index (Phi) is 76.2. The summed E-state index contributed by atoms with van der Waals surface area (Å²) in [5.41, 5.74) is 0. The molecule has 1 N–H and O–H groups in total. The number of carbonyl (C=O) groups is 2. The van der Waals surface area contributed by atoms with Gasteiger partial charge in [0.25, 0.3) is 0 Å². The Bertz CT molecular complexity index is 1540. The summed E-state index contributed by atoms with van der Waals surface area (Å²) in [7, 11) is 0. The third-order valence-corrected chi connectivity index (χ3v) is 18.0. The van der Waals surface area contributed by atoms with Crippen LogP contribution in [0.1, 0.15) is 425 Å². The minimum Gasteiger partial charge on any atom is -0.462 e. The highest BCUT2D eigenvalue weighted by atomic mass is 16.6.